The van der Waals surface area contributed by atoms with Gasteiger partial charge in [0.1, 0.15) is 5.82 Å². The van der Waals surface area contributed by atoms with Crippen LogP contribution in [0.1, 0.15) is 16.7 Å². The van der Waals surface area contributed by atoms with Crippen LogP contribution < -0.4 is 0 Å². The van der Waals surface area contributed by atoms with Gasteiger partial charge in [-0.25, -0.2) is 4.39 Å². The number of thioether (sulfide) groups is 1. The van der Waals surface area contributed by atoms with Crippen molar-refractivity contribution >= 4 is 40.7 Å². The van der Waals surface area contributed by atoms with E-state index in [1.807, 2.05) is 42.5 Å². The molecule has 1 fully saturated rings. The average molecular weight is 452 g/mol. The van der Waals surface area contributed by atoms with Crippen molar-refractivity contribution in [2.24, 2.45) is 10.2 Å². The summed E-state index contributed by atoms with van der Waals surface area (Å²) in [5.74, 6) is -0.322. The zero-order valence-corrected chi connectivity index (χ0v) is 18.1. The zero-order chi connectivity index (χ0) is 21.6. The number of halogens is 2. The van der Waals surface area contributed by atoms with Gasteiger partial charge in [-0.1, -0.05) is 78.0 Å². The molecule has 0 saturated carbocycles. The van der Waals surface area contributed by atoms with Crippen LogP contribution >= 0.6 is 23.4 Å². The minimum Gasteiger partial charge on any atom is -0.284 e. The van der Waals surface area contributed by atoms with E-state index in [9.17, 15) is 9.18 Å². The van der Waals surface area contributed by atoms with E-state index in [1.54, 1.807) is 35.4 Å². The van der Waals surface area contributed by atoms with E-state index in [-0.39, 0.29) is 17.0 Å². The number of carbonyl (C=O) groups excluding carboxylic acids is 1. The predicted molar refractivity (Wildman–Crippen MR) is 125 cm³/mol. The Morgan fingerprint density at radius 1 is 0.968 bits per heavy atom. The fraction of sp³-hybridized carbons (Fsp3) is 0.125. The molecular weight excluding hydrogens is 433 g/mol. The number of amidine groups is 1. The molecule has 3 aromatic rings. The molecule has 4 rings (SSSR count). The minimum atomic E-state index is -0.335. The third-order valence-electron chi connectivity index (χ3n) is 4.76. The van der Waals surface area contributed by atoms with Crippen LogP contribution in [0.3, 0.4) is 0 Å². The molecular formula is C24H19ClFN3OS. The molecule has 7 heteroatoms. The third-order valence-corrected chi connectivity index (χ3v) is 6.18. The Balaban J connectivity index is 1.55. The maximum Gasteiger partial charge on any atom is 0.242 e. The third kappa shape index (κ3) is 5.60. The van der Waals surface area contributed by atoms with Crippen LogP contribution in [0.25, 0.3) is 0 Å². The van der Waals surface area contributed by atoms with Crippen molar-refractivity contribution in [1.82, 2.24) is 4.90 Å². The lowest BCUT2D eigenvalue weighted by atomic mass is 10.1. The quantitative estimate of drug-likeness (QED) is 0.364. The van der Waals surface area contributed by atoms with Crippen LogP contribution in [0.4, 0.5) is 4.39 Å². The van der Waals surface area contributed by atoms with Gasteiger partial charge in [-0.2, -0.15) is 5.10 Å². The molecule has 0 N–H and O–H groups in total. The molecule has 1 atom stereocenters. The van der Waals surface area contributed by atoms with E-state index in [2.05, 4.69) is 10.2 Å². The Morgan fingerprint density at radius 2 is 1.68 bits per heavy atom. The number of hydrogen-bond donors (Lipinski definition) is 0. The van der Waals surface area contributed by atoms with Crippen molar-refractivity contribution in [1.29, 1.82) is 0 Å². The number of nitrogens with zero attached hydrogens (tertiary/aromatic N) is 3. The maximum absolute atomic E-state index is 13.2. The molecule has 0 spiro atoms. The van der Waals surface area contributed by atoms with E-state index in [0.29, 0.717) is 23.2 Å². The van der Waals surface area contributed by atoms with Crippen LogP contribution in [0, 0.1) is 5.82 Å². The first kappa shape index (κ1) is 21.3. The molecule has 31 heavy (non-hydrogen) atoms. The summed E-state index contributed by atoms with van der Waals surface area (Å²) in [5.41, 5.74) is 2.77. The highest BCUT2D eigenvalue weighted by atomic mass is 35.5. The van der Waals surface area contributed by atoms with Gasteiger partial charge < -0.3 is 0 Å². The van der Waals surface area contributed by atoms with Crippen molar-refractivity contribution < 1.29 is 9.18 Å². The van der Waals surface area contributed by atoms with E-state index < -0.39 is 0 Å². The summed E-state index contributed by atoms with van der Waals surface area (Å²) in [6.45, 7) is 0.419. The number of benzene rings is 3. The summed E-state index contributed by atoms with van der Waals surface area (Å²) in [4.78, 5) is 14.8. The van der Waals surface area contributed by atoms with Gasteiger partial charge in [0.05, 0.1) is 18.0 Å². The summed E-state index contributed by atoms with van der Waals surface area (Å²) in [5, 5.41) is 9.39. The highest BCUT2D eigenvalue weighted by Gasteiger charge is 2.38. The molecule has 0 bridgehead atoms. The van der Waals surface area contributed by atoms with Crippen molar-refractivity contribution in [2.75, 3.05) is 0 Å². The molecule has 1 saturated heterocycles. The largest absolute Gasteiger partial charge is 0.284 e. The van der Waals surface area contributed by atoms with E-state index in [0.717, 1.165) is 16.7 Å². The molecule has 0 aliphatic carbocycles. The summed E-state index contributed by atoms with van der Waals surface area (Å²) in [6, 6.07) is 23.2. The number of amides is 1. The summed E-state index contributed by atoms with van der Waals surface area (Å²) in [6.07, 6.45) is 2.12. The lowest BCUT2D eigenvalue weighted by Gasteiger charge is -2.16. The highest BCUT2D eigenvalue weighted by molar-refractivity contribution is 8.15. The lowest BCUT2D eigenvalue weighted by molar-refractivity contribution is -0.126. The van der Waals surface area contributed by atoms with Crippen LogP contribution in [-0.2, 0) is 17.8 Å². The summed E-state index contributed by atoms with van der Waals surface area (Å²) in [7, 11) is 0. The maximum atomic E-state index is 13.2. The molecule has 1 amide bonds. The first-order valence-corrected chi connectivity index (χ1v) is 11.0. The van der Waals surface area contributed by atoms with E-state index >= 15 is 0 Å². The second-order valence-corrected chi connectivity index (χ2v) is 8.63. The fourth-order valence-corrected chi connectivity index (χ4v) is 4.42. The van der Waals surface area contributed by atoms with Crippen LogP contribution in [0.2, 0.25) is 5.02 Å². The van der Waals surface area contributed by atoms with Crippen LogP contribution in [0.5, 0.6) is 0 Å². The minimum absolute atomic E-state index is 0.0291. The van der Waals surface area contributed by atoms with Crippen molar-refractivity contribution in [3.63, 3.8) is 0 Å². The molecule has 3 aromatic carbocycles. The first-order chi connectivity index (χ1) is 15.1. The summed E-state index contributed by atoms with van der Waals surface area (Å²) < 4.78 is 13.2. The zero-order valence-electron chi connectivity index (χ0n) is 16.5. The number of rotatable bonds is 6. The molecule has 0 radical (unpaired) electrons. The Labute approximate surface area is 189 Å². The average Bonchev–Trinajstić information content (AvgIpc) is 3.06. The Hall–Kier alpha value is -2.96. The van der Waals surface area contributed by atoms with Gasteiger partial charge in [-0.3, -0.25) is 9.69 Å². The second-order valence-electron chi connectivity index (χ2n) is 7.03. The first-order valence-electron chi connectivity index (χ1n) is 9.71. The van der Waals surface area contributed by atoms with Gasteiger partial charge in [0.15, 0.2) is 5.17 Å². The second kappa shape index (κ2) is 9.90. The van der Waals surface area contributed by atoms with E-state index in [1.165, 1.54) is 23.9 Å². The predicted octanol–water partition coefficient (Wildman–Crippen LogP) is 5.56. The Bertz CT molecular complexity index is 1100. The molecule has 1 aliphatic rings. The van der Waals surface area contributed by atoms with Gasteiger partial charge >= 0.3 is 0 Å². The molecule has 156 valence electrons. The Kier molecular flexibility index (Phi) is 6.79. The lowest BCUT2D eigenvalue weighted by Crippen LogP contribution is -2.32. The SMILES string of the molecule is O=C1[C@H](Cc2ccc(F)cc2)S/C(=N\N=C/c2ccc(Cl)cc2)N1Cc1ccccc1. The number of carbonyl (C=O) groups is 1. The van der Waals surface area contributed by atoms with Crippen LogP contribution in [-0.4, -0.2) is 27.4 Å². The normalized spacial score (nSPS) is 17.7. The summed E-state index contributed by atoms with van der Waals surface area (Å²) >= 11 is 7.29. The fourth-order valence-electron chi connectivity index (χ4n) is 3.16. The topological polar surface area (TPSA) is 45.0 Å². The van der Waals surface area contributed by atoms with Gasteiger partial charge in [0.25, 0.3) is 0 Å². The van der Waals surface area contributed by atoms with Crippen molar-refractivity contribution in [3.05, 3.63) is 106 Å². The molecule has 4 nitrogen and oxygen atoms in total. The van der Waals surface area contributed by atoms with Crippen molar-refractivity contribution in [2.45, 2.75) is 18.2 Å². The van der Waals surface area contributed by atoms with Crippen LogP contribution in [0.15, 0.2) is 89.1 Å². The molecule has 0 aromatic heterocycles. The smallest absolute Gasteiger partial charge is 0.242 e. The van der Waals surface area contributed by atoms with Gasteiger partial charge in [-0.05, 0) is 47.4 Å². The molecule has 1 heterocycles. The number of hydrogen-bond acceptors (Lipinski definition) is 4. The molecule has 1 aliphatic heterocycles. The monoisotopic (exact) mass is 451 g/mol. The van der Waals surface area contributed by atoms with Crippen molar-refractivity contribution in [3.8, 4) is 0 Å². The standard InChI is InChI=1S/C24H19ClFN3OS/c25-20-10-6-18(7-11-20)15-27-28-24-29(16-19-4-2-1-3-5-19)23(30)22(31-24)14-17-8-12-21(26)13-9-17/h1-13,15,22H,14,16H2/b27-15-,28-24-/t22-/m0/s1. The van der Waals surface area contributed by atoms with Gasteiger partial charge in [0.2, 0.25) is 5.91 Å². The van der Waals surface area contributed by atoms with Gasteiger partial charge in [-0.15, -0.1) is 5.10 Å². The Morgan fingerprint density at radius 3 is 2.39 bits per heavy atom. The molecule has 0 unspecified atom stereocenters. The highest BCUT2D eigenvalue weighted by Crippen LogP contribution is 2.31. The van der Waals surface area contributed by atoms with Gasteiger partial charge in [0, 0.05) is 5.02 Å². The van der Waals surface area contributed by atoms with E-state index in [4.69, 9.17) is 11.6 Å².